The van der Waals surface area contributed by atoms with Crippen molar-refractivity contribution in [3.05, 3.63) is 0 Å². The second-order valence-electron chi connectivity index (χ2n) is 7.16. The van der Waals surface area contributed by atoms with Gasteiger partial charge in [0.05, 0.1) is 12.7 Å². The van der Waals surface area contributed by atoms with Gasteiger partial charge in [-0.05, 0) is 18.6 Å². The maximum Gasteiger partial charge on any atom is 0.187 e. The second kappa shape index (κ2) is 12.4. The summed E-state index contributed by atoms with van der Waals surface area (Å²) in [7, 11) is 0. The third-order valence-corrected chi connectivity index (χ3v) is 5.72. The Balaban J connectivity index is 1.98. The predicted molar refractivity (Wildman–Crippen MR) is 107 cm³/mol. The van der Waals surface area contributed by atoms with Crippen LogP contribution in [0.4, 0.5) is 0 Å². The van der Waals surface area contributed by atoms with Crippen LogP contribution in [0.25, 0.3) is 0 Å². The van der Waals surface area contributed by atoms with Crippen molar-refractivity contribution in [2.24, 2.45) is 0 Å². The first-order valence-electron chi connectivity index (χ1n) is 9.66. The second-order valence-corrected chi connectivity index (χ2v) is 7.97. The fourth-order valence-corrected chi connectivity index (χ4v) is 3.81. The molecule has 2 saturated heterocycles. The van der Waals surface area contributed by atoms with Gasteiger partial charge in [-0.25, -0.2) is 0 Å². The molecule has 6 N–H and O–H groups in total. The summed E-state index contributed by atoms with van der Waals surface area (Å²) in [5.41, 5.74) is 0. The Bertz CT molecular complexity index is 471. The lowest BCUT2D eigenvalue weighted by atomic mass is 9.97. The molecular formula is C17H32O10S2. The van der Waals surface area contributed by atoms with Gasteiger partial charge in [0.25, 0.3) is 0 Å². The van der Waals surface area contributed by atoms with Gasteiger partial charge in [0, 0.05) is 12.4 Å². The highest BCUT2D eigenvalue weighted by molar-refractivity contribution is 7.80. The van der Waals surface area contributed by atoms with E-state index in [0.717, 1.165) is 25.0 Å². The molecule has 10 nitrogen and oxygen atoms in total. The van der Waals surface area contributed by atoms with Gasteiger partial charge in [-0.2, -0.15) is 25.3 Å². The number of hydrogen-bond donors (Lipinski definition) is 8. The van der Waals surface area contributed by atoms with Crippen molar-refractivity contribution in [3.8, 4) is 0 Å². The van der Waals surface area contributed by atoms with Gasteiger partial charge in [-0.1, -0.05) is 6.42 Å². The van der Waals surface area contributed by atoms with Crippen LogP contribution in [0, 0.1) is 0 Å². The molecule has 0 spiro atoms. The molecule has 12 heteroatoms. The number of ether oxygens (including phenoxy) is 4. The lowest BCUT2D eigenvalue weighted by Crippen LogP contribution is -2.64. The Morgan fingerprint density at radius 2 is 1.38 bits per heavy atom. The molecule has 29 heavy (non-hydrogen) atoms. The molecule has 0 aromatic heterocycles. The molecule has 10 atom stereocenters. The average Bonchev–Trinajstić information content (AvgIpc) is 2.72. The lowest BCUT2D eigenvalue weighted by molar-refractivity contribution is -0.356. The van der Waals surface area contributed by atoms with Crippen molar-refractivity contribution in [1.82, 2.24) is 0 Å². The van der Waals surface area contributed by atoms with Crippen molar-refractivity contribution >= 4 is 25.3 Å². The lowest BCUT2D eigenvalue weighted by Gasteiger charge is -2.46. The fraction of sp³-hybridized carbons (Fsp3) is 1.00. The van der Waals surface area contributed by atoms with E-state index in [4.69, 9.17) is 18.9 Å². The zero-order valence-corrected chi connectivity index (χ0v) is 17.7. The van der Waals surface area contributed by atoms with E-state index in [-0.39, 0.29) is 5.75 Å². The van der Waals surface area contributed by atoms with Gasteiger partial charge >= 0.3 is 0 Å². The van der Waals surface area contributed by atoms with Crippen LogP contribution in [-0.4, -0.2) is 117 Å². The summed E-state index contributed by atoms with van der Waals surface area (Å²) in [6, 6.07) is 0. The highest BCUT2D eigenvalue weighted by Gasteiger charge is 2.50. The molecular weight excluding hydrogens is 428 g/mol. The zero-order valence-electron chi connectivity index (χ0n) is 15.9. The smallest absolute Gasteiger partial charge is 0.187 e. The molecule has 4 unspecified atom stereocenters. The summed E-state index contributed by atoms with van der Waals surface area (Å²) in [4.78, 5) is 0. The minimum absolute atomic E-state index is 0.0454. The molecule has 0 aromatic carbocycles. The Morgan fingerprint density at radius 3 is 2.00 bits per heavy atom. The summed E-state index contributed by atoms with van der Waals surface area (Å²) >= 11 is 8.15. The standard InChI is InChI=1S/C17H32O10S2/c18-6-8-15(27-17-13(22)11(20)10(19)9(7-29)26-17)12(21)14(23)16(25-8)24-4-2-1-3-5-28/h8-23,28-29H,1-7H2/t8?,9?,10-,11?,12+,13-,14?,15+,16+,17-/m0/s1. The summed E-state index contributed by atoms with van der Waals surface area (Å²) in [5.74, 6) is 0.811. The monoisotopic (exact) mass is 460 g/mol. The third kappa shape index (κ3) is 6.40. The molecule has 2 rings (SSSR count). The number of unbranched alkanes of at least 4 members (excludes halogenated alkanes) is 2. The van der Waals surface area contributed by atoms with E-state index in [0.29, 0.717) is 6.61 Å². The molecule has 0 aliphatic carbocycles. The van der Waals surface area contributed by atoms with Gasteiger partial charge in [-0.15, -0.1) is 0 Å². The van der Waals surface area contributed by atoms with Crippen LogP contribution in [0.2, 0.25) is 0 Å². The van der Waals surface area contributed by atoms with Crippen LogP contribution in [0.5, 0.6) is 0 Å². The first-order chi connectivity index (χ1) is 13.8. The van der Waals surface area contributed by atoms with Crippen molar-refractivity contribution in [1.29, 1.82) is 0 Å². The number of thiol groups is 2. The van der Waals surface area contributed by atoms with Crippen molar-refractivity contribution in [2.45, 2.75) is 80.7 Å². The minimum Gasteiger partial charge on any atom is -0.394 e. The number of rotatable bonds is 10. The van der Waals surface area contributed by atoms with Gasteiger partial charge < -0.3 is 49.6 Å². The first kappa shape index (κ1) is 25.6. The molecule has 0 bridgehead atoms. The van der Waals surface area contributed by atoms with E-state index in [9.17, 15) is 30.6 Å². The predicted octanol–water partition coefficient (Wildman–Crippen LogP) is -2.34. The quantitative estimate of drug-likeness (QED) is 0.131. The number of aliphatic hydroxyl groups is 6. The zero-order chi connectivity index (χ0) is 21.6. The van der Waals surface area contributed by atoms with Gasteiger partial charge in [0.2, 0.25) is 0 Å². The Hall–Kier alpha value is 0.300. The largest absolute Gasteiger partial charge is 0.394 e. The normalized spacial score (nSPS) is 43.4. The van der Waals surface area contributed by atoms with E-state index in [1.54, 1.807) is 0 Å². The summed E-state index contributed by atoms with van der Waals surface area (Å²) in [5, 5.41) is 60.5. The average molecular weight is 461 g/mol. The Labute approximate surface area is 180 Å². The van der Waals surface area contributed by atoms with Gasteiger partial charge in [0.1, 0.15) is 42.7 Å². The third-order valence-electron chi connectivity index (χ3n) is 5.04. The molecule has 2 aliphatic rings. The maximum absolute atomic E-state index is 10.5. The highest BCUT2D eigenvalue weighted by atomic mass is 32.1. The number of aliphatic hydroxyl groups excluding tert-OH is 6. The fourth-order valence-electron chi connectivity index (χ4n) is 3.28. The van der Waals surface area contributed by atoms with Crippen LogP contribution < -0.4 is 0 Å². The Kier molecular flexibility index (Phi) is 10.9. The molecule has 172 valence electrons. The van der Waals surface area contributed by atoms with E-state index < -0.39 is 68.0 Å². The van der Waals surface area contributed by atoms with Gasteiger partial charge in [-0.3, -0.25) is 0 Å². The summed E-state index contributed by atoms with van der Waals surface area (Å²) in [6.45, 7) is -0.262. The Morgan fingerprint density at radius 1 is 0.724 bits per heavy atom. The van der Waals surface area contributed by atoms with Crippen molar-refractivity contribution in [2.75, 3.05) is 24.7 Å². The van der Waals surface area contributed by atoms with E-state index in [1.165, 1.54) is 0 Å². The highest BCUT2D eigenvalue weighted by Crippen LogP contribution is 2.29. The van der Waals surface area contributed by atoms with E-state index >= 15 is 0 Å². The van der Waals surface area contributed by atoms with Crippen molar-refractivity contribution in [3.63, 3.8) is 0 Å². The van der Waals surface area contributed by atoms with Crippen LogP contribution >= 0.6 is 25.3 Å². The van der Waals surface area contributed by atoms with Crippen molar-refractivity contribution < 1.29 is 49.6 Å². The SMILES string of the molecule is OCC1O[C@@H](OCCCCCS)C(O)[C@@H](O)[C@@H]1O[C@@H]1OC(CS)[C@H](O)C(O)[C@@H]1O. The maximum atomic E-state index is 10.5. The molecule has 0 aromatic rings. The minimum atomic E-state index is -1.62. The van der Waals surface area contributed by atoms with Gasteiger partial charge in [0.15, 0.2) is 12.6 Å². The van der Waals surface area contributed by atoms with Crippen LogP contribution in [0.3, 0.4) is 0 Å². The van der Waals surface area contributed by atoms with Crippen LogP contribution in [-0.2, 0) is 18.9 Å². The molecule has 0 radical (unpaired) electrons. The molecule has 2 heterocycles. The topological polar surface area (TPSA) is 158 Å². The molecule has 2 fully saturated rings. The molecule has 0 saturated carbocycles. The van der Waals surface area contributed by atoms with E-state index in [1.807, 2.05) is 0 Å². The first-order valence-corrected chi connectivity index (χ1v) is 10.9. The van der Waals surface area contributed by atoms with E-state index in [2.05, 4.69) is 25.3 Å². The summed E-state index contributed by atoms with van der Waals surface area (Å²) < 4.78 is 22.0. The molecule has 2 aliphatic heterocycles. The molecule has 0 amide bonds. The number of hydrogen-bond acceptors (Lipinski definition) is 12. The van der Waals surface area contributed by atoms with Crippen LogP contribution in [0.1, 0.15) is 19.3 Å². The summed E-state index contributed by atoms with van der Waals surface area (Å²) in [6.07, 6.45) is -10.9. The van der Waals surface area contributed by atoms with Crippen LogP contribution in [0.15, 0.2) is 0 Å².